The van der Waals surface area contributed by atoms with Gasteiger partial charge in [0, 0.05) is 19.0 Å². The molecule has 0 saturated carbocycles. The third-order valence-corrected chi connectivity index (χ3v) is 4.64. The number of nitrogen functional groups attached to an aromatic ring is 1. The Labute approximate surface area is 191 Å². The monoisotopic (exact) mass is 455 g/mol. The Morgan fingerprint density at radius 1 is 1.27 bits per heavy atom. The summed E-state index contributed by atoms with van der Waals surface area (Å²) in [4.78, 5) is 29.4. The van der Waals surface area contributed by atoms with Crippen LogP contribution in [-0.2, 0) is 27.2 Å². The minimum Gasteiger partial charge on any atom is -0.456 e. The van der Waals surface area contributed by atoms with Crippen LogP contribution in [-0.4, -0.2) is 40.7 Å². The van der Waals surface area contributed by atoms with Gasteiger partial charge in [-0.2, -0.15) is 0 Å². The van der Waals surface area contributed by atoms with Gasteiger partial charge in [-0.3, -0.25) is 0 Å². The second-order valence-corrected chi connectivity index (χ2v) is 8.35. The first-order valence-corrected chi connectivity index (χ1v) is 10.5. The molecule has 8 nitrogen and oxygen atoms in total. The molecule has 0 radical (unpaired) electrons. The molecule has 1 aliphatic heterocycles. The largest absolute Gasteiger partial charge is 0.456 e. The Morgan fingerprint density at radius 3 is 2.73 bits per heavy atom. The summed E-state index contributed by atoms with van der Waals surface area (Å²) in [5, 5.41) is 0. The summed E-state index contributed by atoms with van der Waals surface area (Å²) in [5.74, 6) is 3.16. The Hall–Kier alpha value is -3.80. The van der Waals surface area contributed by atoms with E-state index >= 15 is 0 Å². The summed E-state index contributed by atoms with van der Waals surface area (Å²) in [6, 6.07) is 5.29. The first-order chi connectivity index (χ1) is 15.6. The number of rotatable bonds is 3. The summed E-state index contributed by atoms with van der Waals surface area (Å²) < 4.78 is 30.5. The van der Waals surface area contributed by atoms with Gasteiger partial charge in [-0.1, -0.05) is 6.07 Å². The zero-order valence-corrected chi connectivity index (χ0v) is 19.0. The number of amides is 1. The fourth-order valence-electron chi connectivity index (χ4n) is 3.18. The lowest BCUT2D eigenvalue weighted by molar-refractivity contribution is -0.136. The van der Waals surface area contributed by atoms with Gasteiger partial charge < -0.3 is 24.8 Å². The van der Waals surface area contributed by atoms with E-state index in [-0.39, 0.29) is 23.7 Å². The van der Waals surface area contributed by atoms with Crippen LogP contribution in [0.25, 0.3) is 0 Å². The zero-order valence-electron chi connectivity index (χ0n) is 19.0. The number of fused-ring (bicyclic) bond motifs is 1. The molecule has 3 rings (SSSR count). The van der Waals surface area contributed by atoms with E-state index in [4.69, 9.17) is 19.9 Å². The number of hydrogen-bond acceptors (Lipinski definition) is 7. The number of anilines is 1. The van der Waals surface area contributed by atoms with Crippen molar-refractivity contribution < 1.29 is 28.2 Å². The van der Waals surface area contributed by atoms with E-state index in [0.29, 0.717) is 25.3 Å². The van der Waals surface area contributed by atoms with E-state index in [1.165, 1.54) is 0 Å². The van der Waals surface area contributed by atoms with Gasteiger partial charge in [0.15, 0.2) is 11.6 Å². The van der Waals surface area contributed by atoms with Crippen LogP contribution in [0.2, 0.25) is 0 Å². The Morgan fingerprint density at radius 2 is 2.03 bits per heavy atom. The molecule has 2 aromatic rings. The Bertz CT molecular complexity index is 1130. The average molecular weight is 455 g/mol. The first kappa shape index (κ1) is 23.9. The number of nitrogens with two attached hydrogens (primary N) is 1. The first-order valence-electron chi connectivity index (χ1n) is 10.5. The van der Waals surface area contributed by atoms with Crippen LogP contribution >= 0.6 is 0 Å². The molecular formula is C24H26FN3O5. The number of ether oxygens (including phenoxy) is 3. The third kappa shape index (κ3) is 6.13. The van der Waals surface area contributed by atoms with Gasteiger partial charge in [-0.15, -0.1) is 0 Å². The SMILES string of the molecule is CCOC(=O)C#Cc1c(N)ncc(F)c1Oc1ccc2c(c1)CN(C(=O)OC(C)(C)C)CC2. The number of benzene rings is 1. The highest BCUT2D eigenvalue weighted by Gasteiger charge is 2.26. The van der Waals surface area contributed by atoms with Gasteiger partial charge in [0.05, 0.1) is 12.8 Å². The zero-order chi connectivity index (χ0) is 24.2. The van der Waals surface area contributed by atoms with Crippen molar-refractivity contribution in [2.75, 3.05) is 18.9 Å². The van der Waals surface area contributed by atoms with Crippen molar-refractivity contribution in [2.24, 2.45) is 0 Å². The van der Waals surface area contributed by atoms with Crippen LogP contribution in [0.3, 0.4) is 0 Å². The van der Waals surface area contributed by atoms with Crippen LogP contribution in [0.15, 0.2) is 24.4 Å². The van der Waals surface area contributed by atoms with Gasteiger partial charge in [0.2, 0.25) is 0 Å². The van der Waals surface area contributed by atoms with Crippen molar-refractivity contribution >= 4 is 17.9 Å². The lowest BCUT2D eigenvalue weighted by Crippen LogP contribution is -2.39. The molecule has 174 valence electrons. The lowest BCUT2D eigenvalue weighted by atomic mass is 10.00. The van der Waals surface area contributed by atoms with E-state index in [1.807, 2.05) is 26.8 Å². The number of hydrogen-bond donors (Lipinski definition) is 1. The number of halogens is 1. The molecule has 0 atom stereocenters. The molecule has 0 bridgehead atoms. The normalized spacial score (nSPS) is 12.8. The number of carbonyl (C=O) groups is 2. The minimum atomic E-state index is -0.787. The number of nitrogens with zero attached hydrogens (tertiary/aromatic N) is 2. The second-order valence-electron chi connectivity index (χ2n) is 8.35. The molecule has 9 heteroatoms. The molecule has 2 N–H and O–H groups in total. The fraction of sp³-hybridized carbons (Fsp3) is 0.375. The van der Waals surface area contributed by atoms with Gasteiger partial charge in [-0.25, -0.2) is 19.0 Å². The molecule has 1 aromatic carbocycles. The van der Waals surface area contributed by atoms with Crippen LogP contribution in [0.4, 0.5) is 15.0 Å². The predicted molar refractivity (Wildman–Crippen MR) is 119 cm³/mol. The van der Waals surface area contributed by atoms with Gasteiger partial charge in [0.1, 0.15) is 22.7 Å². The summed E-state index contributed by atoms with van der Waals surface area (Å²) in [7, 11) is 0. The van der Waals surface area contributed by atoms with Crippen molar-refractivity contribution in [2.45, 2.75) is 46.3 Å². The van der Waals surface area contributed by atoms with E-state index in [0.717, 1.165) is 17.3 Å². The molecule has 1 aliphatic rings. The molecule has 0 unspecified atom stereocenters. The quantitative estimate of drug-likeness (QED) is 0.554. The van der Waals surface area contributed by atoms with Gasteiger partial charge in [0.25, 0.3) is 0 Å². The van der Waals surface area contributed by atoms with Crippen molar-refractivity contribution in [3.05, 3.63) is 46.9 Å². The number of carbonyl (C=O) groups excluding carboxylic acids is 2. The third-order valence-electron chi connectivity index (χ3n) is 4.64. The highest BCUT2D eigenvalue weighted by Crippen LogP contribution is 2.32. The summed E-state index contributed by atoms with van der Waals surface area (Å²) in [6.07, 6.45) is 1.17. The smallest absolute Gasteiger partial charge is 0.410 e. The molecule has 1 amide bonds. The lowest BCUT2D eigenvalue weighted by Gasteiger charge is -2.31. The summed E-state index contributed by atoms with van der Waals surface area (Å²) in [5.41, 5.74) is 7.10. The van der Waals surface area contributed by atoms with Crippen molar-refractivity contribution in [1.29, 1.82) is 0 Å². The Kier molecular flexibility index (Phi) is 7.07. The van der Waals surface area contributed by atoms with Crippen LogP contribution < -0.4 is 10.5 Å². The molecule has 33 heavy (non-hydrogen) atoms. The maximum Gasteiger partial charge on any atom is 0.410 e. The van der Waals surface area contributed by atoms with Gasteiger partial charge >= 0.3 is 12.1 Å². The van der Waals surface area contributed by atoms with E-state index in [9.17, 15) is 14.0 Å². The molecule has 0 saturated heterocycles. The molecule has 1 aromatic heterocycles. The standard InChI is InChI=1S/C24H26FN3O5/c1-5-31-20(29)9-8-18-21(19(25)13-27-22(18)26)32-17-7-6-15-10-11-28(14-16(15)12-17)23(30)33-24(2,3)4/h6-7,12-13H,5,10-11,14H2,1-4H3,(H2,26,27). The molecule has 2 heterocycles. The van der Waals surface area contributed by atoms with Gasteiger partial charge in [-0.05, 0) is 63.3 Å². The molecule has 0 fully saturated rings. The van der Waals surface area contributed by atoms with E-state index in [2.05, 4.69) is 16.8 Å². The number of pyridine rings is 1. The number of esters is 1. The van der Waals surface area contributed by atoms with Crippen molar-refractivity contribution in [1.82, 2.24) is 9.88 Å². The van der Waals surface area contributed by atoms with Crippen LogP contribution in [0.5, 0.6) is 11.5 Å². The topological polar surface area (TPSA) is 104 Å². The highest BCUT2D eigenvalue weighted by atomic mass is 19.1. The summed E-state index contributed by atoms with van der Waals surface area (Å²) >= 11 is 0. The number of aromatic nitrogens is 1. The van der Waals surface area contributed by atoms with Crippen LogP contribution in [0.1, 0.15) is 44.4 Å². The maximum atomic E-state index is 14.6. The van der Waals surface area contributed by atoms with E-state index in [1.54, 1.807) is 24.0 Å². The molecule has 0 aliphatic carbocycles. The van der Waals surface area contributed by atoms with Crippen LogP contribution in [0, 0.1) is 17.7 Å². The predicted octanol–water partition coefficient (Wildman–Crippen LogP) is 3.80. The van der Waals surface area contributed by atoms with E-state index < -0.39 is 23.5 Å². The highest BCUT2D eigenvalue weighted by molar-refractivity contribution is 5.89. The maximum absolute atomic E-state index is 14.6. The fourth-order valence-corrected chi connectivity index (χ4v) is 3.18. The van der Waals surface area contributed by atoms with Crippen molar-refractivity contribution in [3.63, 3.8) is 0 Å². The minimum absolute atomic E-state index is 0.0591. The van der Waals surface area contributed by atoms with Crippen molar-refractivity contribution in [3.8, 4) is 23.3 Å². The second kappa shape index (κ2) is 9.77. The molecule has 0 spiro atoms. The summed E-state index contributed by atoms with van der Waals surface area (Å²) in [6.45, 7) is 8.10. The molecular weight excluding hydrogens is 429 g/mol. The Balaban J connectivity index is 1.86. The average Bonchev–Trinajstić information content (AvgIpc) is 2.74.